The van der Waals surface area contributed by atoms with Gasteiger partial charge in [-0.2, -0.15) is 0 Å². The molecule has 0 fully saturated rings. The van der Waals surface area contributed by atoms with Crippen molar-refractivity contribution in [2.75, 3.05) is 24.6 Å². The number of halogens is 1. The number of carbonyl (C=O) groups is 1. The Kier molecular flexibility index (Phi) is 5.36. The molecule has 3 N–H and O–H groups in total. The third-order valence-electron chi connectivity index (χ3n) is 3.01. The van der Waals surface area contributed by atoms with Gasteiger partial charge in [0, 0.05) is 22.4 Å². The van der Waals surface area contributed by atoms with E-state index in [9.17, 15) is 4.79 Å². The number of hydrogen-bond donors (Lipinski definition) is 2. The number of benzene rings is 2. The van der Waals surface area contributed by atoms with E-state index in [1.807, 2.05) is 36.2 Å². The number of anilines is 2. The van der Waals surface area contributed by atoms with Crippen molar-refractivity contribution in [1.29, 1.82) is 0 Å². The van der Waals surface area contributed by atoms with Crippen LogP contribution in [0.2, 0.25) is 0 Å². The highest BCUT2D eigenvalue weighted by Crippen LogP contribution is 2.17. The van der Waals surface area contributed by atoms with Crippen molar-refractivity contribution < 1.29 is 4.79 Å². The number of nitrogen functional groups attached to an aromatic ring is 1. The molecule has 4 nitrogen and oxygen atoms in total. The number of nitrogens with one attached hydrogen (secondary N) is 1. The summed E-state index contributed by atoms with van der Waals surface area (Å²) in [4.78, 5) is 14.0. The monoisotopic (exact) mass is 347 g/mol. The fourth-order valence-corrected chi connectivity index (χ4v) is 2.40. The molecule has 0 aromatic heterocycles. The van der Waals surface area contributed by atoms with Gasteiger partial charge in [-0.3, -0.25) is 9.69 Å². The predicted molar refractivity (Wildman–Crippen MR) is 90.0 cm³/mol. The summed E-state index contributed by atoms with van der Waals surface area (Å²) in [5.41, 5.74) is 8.20. The van der Waals surface area contributed by atoms with E-state index in [-0.39, 0.29) is 5.91 Å². The van der Waals surface area contributed by atoms with Crippen LogP contribution in [0.4, 0.5) is 11.4 Å². The summed E-state index contributed by atoms with van der Waals surface area (Å²) in [6, 6.07) is 15.1. The Hall–Kier alpha value is -1.85. The van der Waals surface area contributed by atoms with Crippen LogP contribution in [-0.4, -0.2) is 24.4 Å². The van der Waals surface area contributed by atoms with E-state index >= 15 is 0 Å². The molecule has 2 rings (SSSR count). The molecule has 0 atom stereocenters. The molecule has 2 aromatic carbocycles. The number of rotatable bonds is 5. The van der Waals surface area contributed by atoms with E-state index in [4.69, 9.17) is 5.73 Å². The van der Waals surface area contributed by atoms with E-state index in [2.05, 4.69) is 21.2 Å². The number of nitrogens with zero attached hydrogens (tertiary/aromatic N) is 1. The van der Waals surface area contributed by atoms with Gasteiger partial charge in [0.15, 0.2) is 0 Å². The van der Waals surface area contributed by atoms with Crippen molar-refractivity contribution in [2.24, 2.45) is 0 Å². The Morgan fingerprint density at radius 3 is 2.52 bits per heavy atom. The van der Waals surface area contributed by atoms with Gasteiger partial charge in [0.2, 0.25) is 5.91 Å². The van der Waals surface area contributed by atoms with Gasteiger partial charge in [-0.25, -0.2) is 0 Å². The fraction of sp³-hybridized carbons (Fsp3) is 0.188. The molecule has 5 heteroatoms. The minimum absolute atomic E-state index is 0.0469. The molecule has 0 bridgehead atoms. The summed E-state index contributed by atoms with van der Waals surface area (Å²) < 4.78 is 1.05. The first-order chi connectivity index (χ1) is 10.0. The van der Waals surface area contributed by atoms with Crippen molar-refractivity contribution >= 4 is 33.2 Å². The van der Waals surface area contributed by atoms with E-state index in [1.54, 1.807) is 24.3 Å². The van der Waals surface area contributed by atoms with Crippen LogP contribution in [0.25, 0.3) is 0 Å². The minimum atomic E-state index is -0.0469. The average molecular weight is 348 g/mol. The number of hydrogen-bond acceptors (Lipinski definition) is 3. The van der Waals surface area contributed by atoms with E-state index in [0.717, 1.165) is 15.7 Å². The Morgan fingerprint density at radius 2 is 1.86 bits per heavy atom. The minimum Gasteiger partial charge on any atom is -0.399 e. The quantitative estimate of drug-likeness (QED) is 0.817. The zero-order valence-electron chi connectivity index (χ0n) is 11.8. The molecule has 110 valence electrons. The molecule has 2 aromatic rings. The Labute approximate surface area is 133 Å². The predicted octanol–water partition coefficient (Wildman–Crippen LogP) is 3.10. The molecule has 0 heterocycles. The van der Waals surface area contributed by atoms with Gasteiger partial charge < -0.3 is 11.1 Å². The maximum Gasteiger partial charge on any atom is 0.238 e. The molecule has 1 amide bonds. The molecular formula is C16H18BrN3O. The zero-order valence-corrected chi connectivity index (χ0v) is 13.4. The van der Waals surface area contributed by atoms with Crippen LogP contribution in [0.3, 0.4) is 0 Å². The van der Waals surface area contributed by atoms with Crippen LogP contribution in [-0.2, 0) is 11.3 Å². The number of carbonyl (C=O) groups excluding carboxylic acids is 1. The normalized spacial score (nSPS) is 10.6. The zero-order chi connectivity index (χ0) is 15.2. The van der Waals surface area contributed by atoms with E-state index in [1.165, 1.54) is 0 Å². The van der Waals surface area contributed by atoms with Gasteiger partial charge in [0.25, 0.3) is 0 Å². The first kappa shape index (κ1) is 15.5. The highest BCUT2D eigenvalue weighted by Gasteiger charge is 2.09. The summed E-state index contributed by atoms with van der Waals surface area (Å²) in [6.45, 7) is 1.03. The highest BCUT2D eigenvalue weighted by molar-refractivity contribution is 9.10. The van der Waals surface area contributed by atoms with Crippen molar-refractivity contribution in [3.8, 4) is 0 Å². The highest BCUT2D eigenvalue weighted by atomic mass is 79.9. The molecule has 0 radical (unpaired) electrons. The summed E-state index contributed by atoms with van der Waals surface area (Å²) >= 11 is 3.51. The molecule has 21 heavy (non-hydrogen) atoms. The largest absolute Gasteiger partial charge is 0.399 e. The molecule has 0 spiro atoms. The Bertz CT molecular complexity index is 613. The van der Waals surface area contributed by atoms with Gasteiger partial charge in [-0.05, 0) is 42.9 Å². The first-order valence-corrected chi connectivity index (χ1v) is 7.41. The maximum atomic E-state index is 12.0. The van der Waals surface area contributed by atoms with Crippen LogP contribution in [0.5, 0.6) is 0 Å². The van der Waals surface area contributed by atoms with Crippen LogP contribution in [0.15, 0.2) is 53.0 Å². The molecule has 0 saturated carbocycles. The average Bonchev–Trinajstić information content (AvgIpc) is 2.44. The van der Waals surface area contributed by atoms with Crippen LogP contribution in [0, 0.1) is 0 Å². The lowest BCUT2D eigenvalue weighted by Gasteiger charge is -2.17. The van der Waals surface area contributed by atoms with Crippen molar-refractivity contribution in [3.05, 3.63) is 58.6 Å². The first-order valence-electron chi connectivity index (χ1n) is 6.62. The van der Waals surface area contributed by atoms with E-state index < -0.39 is 0 Å². The second-order valence-corrected chi connectivity index (χ2v) is 5.79. The van der Waals surface area contributed by atoms with Crippen LogP contribution < -0.4 is 11.1 Å². The van der Waals surface area contributed by atoms with Gasteiger partial charge in [0.05, 0.1) is 6.54 Å². The van der Waals surface area contributed by atoms with Crippen LogP contribution in [0.1, 0.15) is 5.56 Å². The number of nitrogens with two attached hydrogens (primary N) is 1. The summed E-state index contributed by atoms with van der Waals surface area (Å²) in [5.74, 6) is -0.0469. The number of amides is 1. The number of likely N-dealkylation sites (N-methyl/N-ethyl adjacent to an activating group) is 1. The van der Waals surface area contributed by atoms with Crippen LogP contribution >= 0.6 is 15.9 Å². The van der Waals surface area contributed by atoms with Gasteiger partial charge in [-0.15, -0.1) is 0 Å². The summed E-state index contributed by atoms with van der Waals surface area (Å²) in [6.07, 6.45) is 0. The van der Waals surface area contributed by atoms with Crippen molar-refractivity contribution in [2.45, 2.75) is 6.54 Å². The molecule has 0 aliphatic heterocycles. The smallest absolute Gasteiger partial charge is 0.238 e. The third kappa shape index (κ3) is 4.88. The second-order valence-electron chi connectivity index (χ2n) is 4.93. The fourth-order valence-electron chi connectivity index (χ4n) is 1.99. The lowest BCUT2D eigenvalue weighted by Crippen LogP contribution is -2.29. The summed E-state index contributed by atoms with van der Waals surface area (Å²) in [5, 5.41) is 2.85. The topological polar surface area (TPSA) is 58.4 Å². The van der Waals surface area contributed by atoms with Gasteiger partial charge >= 0.3 is 0 Å². The lowest BCUT2D eigenvalue weighted by molar-refractivity contribution is -0.117. The third-order valence-corrected chi connectivity index (χ3v) is 3.78. The maximum absolute atomic E-state index is 12.0. The standard InChI is InChI=1S/C16H18BrN3O/c1-20(10-12-4-2-3-5-15(12)17)11-16(21)19-14-8-6-13(18)7-9-14/h2-9H,10-11,18H2,1H3,(H,19,21). The SMILES string of the molecule is CN(CC(=O)Nc1ccc(N)cc1)Cc1ccccc1Br. The Balaban J connectivity index is 1.87. The molecule has 0 aliphatic rings. The van der Waals surface area contributed by atoms with E-state index in [0.29, 0.717) is 18.8 Å². The lowest BCUT2D eigenvalue weighted by atomic mass is 10.2. The molecule has 0 saturated heterocycles. The Morgan fingerprint density at radius 1 is 1.19 bits per heavy atom. The van der Waals surface area contributed by atoms with Crippen molar-refractivity contribution in [1.82, 2.24) is 4.90 Å². The molecule has 0 aliphatic carbocycles. The molecule has 0 unspecified atom stereocenters. The van der Waals surface area contributed by atoms with Gasteiger partial charge in [0.1, 0.15) is 0 Å². The van der Waals surface area contributed by atoms with Gasteiger partial charge in [-0.1, -0.05) is 34.1 Å². The van der Waals surface area contributed by atoms with Crippen molar-refractivity contribution in [3.63, 3.8) is 0 Å². The second kappa shape index (κ2) is 7.24. The molecular weight excluding hydrogens is 330 g/mol. The summed E-state index contributed by atoms with van der Waals surface area (Å²) in [7, 11) is 1.92.